The Morgan fingerprint density at radius 2 is 1.61 bits per heavy atom. The fraction of sp³-hybridized carbons (Fsp3) is 0. The molecule has 1 saturated heterocycles. The molecule has 1 fully saturated rings. The number of halogens is 1. The Hall–Kier alpha value is -4.73. The number of nitrogens with zero attached hydrogens (tertiary/aromatic N) is 3. The molecular weight excluding hydrogens is 524 g/mol. The van der Waals surface area contributed by atoms with Gasteiger partial charge in [-0.2, -0.15) is 0 Å². The van der Waals surface area contributed by atoms with E-state index in [0.29, 0.717) is 38.6 Å². The molecule has 2 aromatic heterocycles. The van der Waals surface area contributed by atoms with Crippen molar-refractivity contribution in [1.29, 1.82) is 0 Å². The molecule has 1 aliphatic rings. The van der Waals surface area contributed by atoms with Crippen LogP contribution in [-0.2, 0) is 9.59 Å². The predicted molar refractivity (Wildman–Crippen MR) is 145 cm³/mol. The van der Waals surface area contributed by atoms with Crippen LogP contribution in [0.25, 0.3) is 22.3 Å². The normalized spacial score (nSPS) is 14.8. The van der Waals surface area contributed by atoms with Gasteiger partial charge in [0.2, 0.25) is 0 Å². The standard InChI is InChI=1S/C28H17ClN4O4S/c29-18-8-6-17(7-9-18)24-23(32-14-15-38-28(32)30-24)16-22-25(34)31-27(36)33(26(22)35)19-10-12-21(13-11-19)37-20-4-2-1-3-5-20/h1-16H,(H,31,34,36)/b22-16+. The van der Waals surface area contributed by atoms with Gasteiger partial charge >= 0.3 is 6.03 Å². The van der Waals surface area contributed by atoms with Gasteiger partial charge in [0, 0.05) is 22.2 Å². The number of thiazole rings is 1. The van der Waals surface area contributed by atoms with E-state index in [1.54, 1.807) is 47.0 Å². The summed E-state index contributed by atoms with van der Waals surface area (Å²) < 4.78 is 7.58. The summed E-state index contributed by atoms with van der Waals surface area (Å²) in [5.74, 6) is -0.349. The average molecular weight is 541 g/mol. The summed E-state index contributed by atoms with van der Waals surface area (Å²) >= 11 is 7.47. The zero-order valence-electron chi connectivity index (χ0n) is 19.5. The van der Waals surface area contributed by atoms with Crippen LogP contribution in [0.4, 0.5) is 10.5 Å². The average Bonchev–Trinajstić information content (AvgIpc) is 3.51. The number of rotatable bonds is 5. The van der Waals surface area contributed by atoms with Crippen LogP contribution in [0.1, 0.15) is 5.69 Å². The minimum Gasteiger partial charge on any atom is -0.457 e. The molecule has 186 valence electrons. The second kappa shape index (κ2) is 9.62. The van der Waals surface area contributed by atoms with E-state index in [0.717, 1.165) is 10.5 Å². The Labute approximate surface area is 225 Å². The van der Waals surface area contributed by atoms with E-state index in [1.807, 2.05) is 47.8 Å². The highest BCUT2D eigenvalue weighted by molar-refractivity contribution is 7.15. The number of barbiturate groups is 1. The SMILES string of the molecule is O=C1NC(=O)N(c2ccc(Oc3ccccc3)cc2)C(=O)/C1=C/c1c(-c2ccc(Cl)cc2)nc2sccn12. The molecule has 0 unspecified atom stereocenters. The summed E-state index contributed by atoms with van der Waals surface area (Å²) in [6.45, 7) is 0. The van der Waals surface area contributed by atoms with Crippen LogP contribution >= 0.6 is 22.9 Å². The Morgan fingerprint density at radius 3 is 2.34 bits per heavy atom. The number of nitrogens with one attached hydrogen (secondary N) is 1. The van der Waals surface area contributed by atoms with Gasteiger partial charge in [-0.05, 0) is 54.6 Å². The van der Waals surface area contributed by atoms with E-state index in [-0.39, 0.29) is 5.57 Å². The third-order valence-corrected chi connectivity index (χ3v) is 6.88. The topological polar surface area (TPSA) is 93.0 Å². The molecule has 0 aliphatic carbocycles. The number of carbonyl (C=O) groups excluding carboxylic acids is 3. The van der Waals surface area contributed by atoms with Gasteiger partial charge < -0.3 is 4.74 Å². The summed E-state index contributed by atoms with van der Waals surface area (Å²) in [4.78, 5) is 45.4. The van der Waals surface area contributed by atoms with Crippen LogP contribution in [0.15, 0.2) is 96.0 Å². The van der Waals surface area contributed by atoms with E-state index in [1.165, 1.54) is 17.4 Å². The van der Waals surface area contributed by atoms with E-state index in [2.05, 4.69) is 10.3 Å². The van der Waals surface area contributed by atoms with Crippen molar-refractivity contribution in [2.24, 2.45) is 0 Å². The van der Waals surface area contributed by atoms with E-state index in [9.17, 15) is 14.4 Å². The summed E-state index contributed by atoms with van der Waals surface area (Å²) in [7, 11) is 0. The molecule has 0 atom stereocenters. The number of hydrogen-bond donors (Lipinski definition) is 1. The van der Waals surface area contributed by atoms with Crippen molar-refractivity contribution in [2.75, 3.05) is 4.90 Å². The van der Waals surface area contributed by atoms with Gasteiger partial charge in [0.25, 0.3) is 11.8 Å². The van der Waals surface area contributed by atoms with Crippen LogP contribution < -0.4 is 15.0 Å². The fourth-order valence-corrected chi connectivity index (χ4v) is 4.92. The Bertz CT molecular complexity index is 1720. The molecular formula is C28H17ClN4O4S. The first-order valence-corrected chi connectivity index (χ1v) is 12.7. The highest BCUT2D eigenvalue weighted by atomic mass is 35.5. The smallest absolute Gasteiger partial charge is 0.335 e. The number of urea groups is 1. The number of amides is 4. The van der Waals surface area contributed by atoms with Gasteiger partial charge in [0.1, 0.15) is 17.1 Å². The minimum absolute atomic E-state index is 0.197. The van der Waals surface area contributed by atoms with Gasteiger partial charge in [-0.15, -0.1) is 11.3 Å². The molecule has 5 aromatic rings. The monoisotopic (exact) mass is 540 g/mol. The predicted octanol–water partition coefficient (Wildman–Crippen LogP) is 6.17. The minimum atomic E-state index is -0.833. The number of carbonyl (C=O) groups is 3. The first kappa shape index (κ1) is 23.7. The molecule has 8 nitrogen and oxygen atoms in total. The lowest BCUT2D eigenvalue weighted by atomic mass is 10.1. The van der Waals surface area contributed by atoms with Gasteiger partial charge in [0.05, 0.1) is 17.1 Å². The molecule has 0 saturated carbocycles. The number of hydrogen-bond acceptors (Lipinski definition) is 6. The van der Waals surface area contributed by atoms with Crippen molar-refractivity contribution in [3.63, 3.8) is 0 Å². The Kier molecular flexibility index (Phi) is 5.99. The highest BCUT2D eigenvalue weighted by Gasteiger charge is 2.37. The third kappa shape index (κ3) is 4.34. The number of anilines is 1. The maximum atomic E-state index is 13.5. The van der Waals surface area contributed by atoms with Crippen LogP contribution in [-0.4, -0.2) is 27.2 Å². The molecule has 3 aromatic carbocycles. The van der Waals surface area contributed by atoms with Gasteiger partial charge in [0.15, 0.2) is 4.96 Å². The Balaban J connectivity index is 1.36. The van der Waals surface area contributed by atoms with Crippen LogP contribution in [0.3, 0.4) is 0 Å². The number of imidazole rings is 1. The molecule has 1 N–H and O–H groups in total. The number of aromatic nitrogens is 2. The summed E-state index contributed by atoms with van der Waals surface area (Å²) in [6.07, 6.45) is 3.26. The number of benzene rings is 3. The lowest BCUT2D eigenvalue weighted by molar-refractivity contribution is -0.122. The molecule has 0 radical (unpaired) electrons. The second-order valence-corrected chi connectivity index (χ2v) is 9.58. The first-order chi connectivity index (χ1) is 18.5. The molecule has 38 heavy (non-hydrogen) atoms. The summed E-state index contributed by atoms with van der Waals surface area (Å²) in [6, 6.07) is 22.0. The number of imide groups is 2. The van der Waals surface area contributed by atoms with Gasteiger partial charge in [-0.3, -0.25) is 19.3 Å². The van der Waals surface area contributed by atoms with Crippen molar-refractivity contribution >= 4 is 57.5 Å². The molecule has 10 heteroatoms. The first-order valence-electron chi connectivity index (χ1n) is 11.4. The van der Waals surface area contributed by atoms with Gasteiger partial charge in [-0.25, -0.2) is 14.7 Å². The quantitative estimate of drug-likeness (QED) is 0.212. The van der Waals surface area contributed by atoms with Crippen molar-refractivity contribution in [3.8, 4) is 22.8 Å². The van der Waals surface area contributed by atoms with Crippen LogP contribution in [0.5, 0.6) is 11.5 Å². The van der Waals surface area contributed by atoms with Gasteiger partial charge in [-0.1, -0.05) is 41.9 Å². The third-order valence-electron chi connectivity index (χ3n) is 5.87. The molecule has 6 rings (SSSR count). The van der Waals surface area contributed by atoms with Crippen molar-refractivity contribution in [3.05, 3.63) is 107 Å². The largest absolute Gasteiger partial charge is 0.457 e. The molecule has 0 bridgehead atoms. The number of fused-ring (bicyclic) bond motifs is 1. The zero-order valence-corrected chi connectivity index (χ0v) is 21.1. The maximum Gasteiger partial charge on any atom is 0.335 e. The summed E-state index contributed by atoms with van der Waals surface area (Å²) in [5, 5.41) is 4.70. The van der Waals surface area contributed by atoms with Crippen molar-refractivity contribution < 1.29 is 19.1 Å². The molecule has 4 amide bonds. The second-order valence-electron chi connectivity index (χ2n) is 8.27. The van der Waals surface area contributed by atoms with Crippen molar-refractivity contribution in [2.45, 2.75) is 0 Å². The number of para-hydroxylation sites is 1. The van der Waals surface area contributed by atoms with Crippen LogP contribution in [0, 0.1) is 0 Å². The van der Waals surface area contributed by atoms with E-state index < -0.39 is 17.8 Å². The molecule has 3 heterocycles. The highest BCUT2D eigenvalue weighted by Crippen LogP contribution is 2.31. The van der Waals surface area contributed by atoms with E-state index >= 15 is 0 Å². The maximum absolute atomic E-state index is 13.5. The van der Waals surface area contributed by atoms with Crippen LogP contribution in [0.2, 0.25) is 5.02 Å². The fourth-order valence-electron chi connectivity index (χ4n) is 4.08. The summed E-state index contributed by atoms with van der Waals surface area (Å²) in [5.41, 5.74) is 1.97. The number of ether oxygens (including phenoxy) is 1. The van der Waals surface area contributed by atoms with Crippen molar-refractivity contribution in [1.82, 2.24) is 14.7 Å². The zero-order chi connectivity index (χ0) is 26.2. The molecule has 1 aliphatic heterocycles. The lowest BCUT2D eigenvalue weighted by Gasteiger charge is -2.26. The lowest BCUT2D eigenvalue weighted by Crippen LogP contribution is -2.54. The molecule has 0 spiro atoms. The van der Waals surface area contributed by atoms with E-state index in [4.69, 9.17) is 16.3 Å². The Morgan fingerprint density at radius 1 is 0.895 bits per heavy atom.